The molecule has 0 amide bonds. The van der Waals surface area contributed by atoms with Gasteiger partial charge in [0.25, 0.3) is 0 Å². The average Bonchev–Trinajstić information content (AvgIpc) is 2.78. The summed E-state index contributed by atoms with van der Waals surface area (Å²) in [5.41, 5.74) is 2.57. The third-order valence-electron chi connectivity index (χ3n) is 5.25. The van der Waals surface area contributed by atoms with E-state index in [-0.39, 0.29) is 29.9 Å². The van der Waals surface area contributed by atoms with E-state index in [1.54, 1.807) is 37.4 Å². The van der Waals surface area contributed by atoms with E-state index in [9.17, 15) is 15.3 Å². The molecule has 0 spiro atoms. The van der Waals surface area contributed by atoms with Gasteiger partial charge in [0.15, 0.2) is 23.0 Å². The molecule has 0 radical (unpaired) electrons. The van der Waals surface area contributed by atoms with E-state index in [0.717, 1.165) is 16.7 Å². The minimum Gasteiger partial charge on any atom is -0.504 e. The SMILES string of the molecule is COc1cccc(C(c2ccc(O)c(OC)c2)C(CO)c2ccc(O)c(OC)c2)c1. The van der Waals surface area contributed by atoms with E-state index in [0.29, 0.717) is 17.2 Å². The molecule has 0 aromatic heterocycles. The number of benzene rings is 3. The lowest BCUT2D eigenvalue weighted by Crippen LogP contribution is -2.17. The van der Waals surface area contributed by atoms with Gasteiger partial charge in [0.05, 0.1) is 27.9 Å². The number of methoxy groups -OCH3 is 3. The molecule has 0 aliphatic rings. The maximum Gasteiger partial charge on any atom is 0.160 e. The highest BCUT2D eigenvalue weighted by Gasteiger charge is 2.28. The van der Waals surface area contributed by atoms with Crippen LogP contribution < -0.4 is 14.2 Å². The quantitative estimate of drug-likeness (QED) is 0.520. The molecule has 2 unspecified atom stereocenters. The molecule has 3 rings (SSSR count). The van der Waals surface area contributed by atoms with Crippen molar-refractivity contribution in [1.29, 1.82) is 0 Å². The second kappa shape index (κ2) is 9.41. The van der Waals surface area contributed by atoms with Gasteiger partial charge < -0.3 is 29.5 Å². The van der Waals surface area contributed by atoms with Crippen molar-refractivity contribution in [2.24, 2.45) is 0 Å². The first-order chi connectivity index (χ1) is 14.5. The first-order valence-electron chi connectivity index (χ1n) is 9.51. The molecule has 6 heteroatoms. The summed E-state index contributed by atoms with van der Waals surface area (Å²) in [6.45, 7) is -0.154. The summed E-state index contributed by atoms with van der Waals surface area (Å²) >= 11 is 0. The van der Waals surface area contributed by atoms with Crippen LogP contribution >= 0.6 is 0 Å². The zero-order valence-electron chi connectivity index (χ0n) is 17.2. The van der Waals surface area contributed by atoms with Crippen LogP contribution in [0.5, 0.6) is 28.7 Å². The van der Waals surface area contributed by atoms with Gasteiger partial charge in [-0.25, -0.2) is 0 Å². The van der Waals surface area contributed by atoms with Crippen molar-refractivity contribution < 1.29 is 29.5 Å². The standard InChI is InChI=1S/C24H26O6/c1-28-18-6-4-5-16(11-18)24(17-8-10-21(27)23(13-17)30-3)19(14-25)15-7-9-20(26)22(12-15)29-2/h4-13,19,24-27H,14H2,1-3H3. The summed E-state index contributed by atoms with van der Waals surface area (Å²) in [4.78, 5) is 0. The average molecular weight is 410 g/mol. The maximum atomic E-state index is 10.4. The Morgan fingerprint density at radius 1 is 0.700 bits per heavy atom. The summed E-state index contributed by atoms with van der Waals surface area (Å²) in [7, 11) is 4.58. The van der Waals surface area contributed by atoms with Gasteiger partial charge in [0.2, 0.25) is 0 Å². The molecule has 3 aromatic rings. The zero-order chi connectivity index (χ0) is 21.7. The molecule has 0 saturated carbocycles. The molecule has 3 aromatic carbocycles. The Morgan fingerprint density at radius 2 is 1.27 bits per heavy atom. The fourth-order valence-electron chi connectivity index (χ4n) is 3.71. The molecule has 3 N–H and O–H groups in total. The van der Waals surface area contributed by atoms with E-state index in [1.165, 1.54) is 14.2 Å². The first-order valence-corrected chi connectivity index (χ1v) is 9.51. The predicted molar refractivity (Wildman–Crippen MR) is 114 cm³/mol. The summed E-state index contributed by atoms with van der Waals surface area (Å²) in [5, 5.41) is 30.4. The summed E-state index contributed by atoms with van der Waals surface area (Å²) in [6, 6.07) is 17.8. The molecule has 0 fully saturated rings. The van der Waals surface area contributed by atoms with Crippen LogP contribution in [0.25, 0.3) is 0 Å². The number of hydrogen-bond donors (Lipinski definition) is 3. The van der Waals surface area contributed by atoms with E-state index in [1.807, 2.05) is 30.3 Å². The monoisotopic (exact) mass is 410 g/mol. The summed E-state index contributed by atoms with van der Waals surface area (Å²) in [6.07, 6.45) is 0. The second-order valence-electron chi connectivity index (χ2n) is 6.91. The number of aromatic hydroxyl groups is 2. The van der Waals surface area contributed by atoms with Crippen LogP contribution in [-0.4, -0.2) is 43.3 Å². The van der Waals surface area contributed by atoms with Gasteiger partial charge in [0, 0.05) is 11.8 Å². The van der Waals surface area contributed by atoms with Gasteiger partial charge in [-0.1, -0.05) is 24.3 Å². The Kier molecular flexibility index (Phi) is 6.69. The molecule has 0 aliphatic heterocycles. The number of hydrogen-bond acceptors (Lipinski definition) is 6. The Hall–Kier alpha value is -3.38. The second-order valence-corrected chi connectivity index (χ2v) is 6.91. The minimum atomic E-state index is -0.360. The van der Waals surface area contributed by atoms with Gasteiger partial charge in [-0.05, 0) is 53.1 Å². The van der Waals surface area contributed by atoms with Crippen molar-refractivity contribution in [2.75, 3.05) is 27.9 Å². The van der Waals surface area contributed by atoms with Crippen LogP contribution in [0.15, 0.2) is 60.7 Å². The third-order valence-corrected chi connectivity index (χ3v) is 5.25. The number of aliphatic hydroxyl groups is 1. The summed E-state index contributed by atoms with van der Waals surface area (Å²) < 4.78 is 15.9. The number of phenolic OH excluding ortho intramolecular Hbond substituents is 2. The third kappa shape index (κ3) is 4.28. The fourth-order valence-corrected chi connectivity index (χ4v) is 3.71. The molecular weight excluding hydrogens is 384 g/mol. The first kappa shape index (κ1) is 21.3. The lowest BCUT2D eigenvalue weighted by molar-refractivity contribution is 0.254. The van der Waals surface area contributed by atoms with Gasteiger partial charge in [-0.2, -0.15) is 0 Å². The lowest BCUT2D eigenvalue weighted by atomic mass is 9.77. The van der Waals surface area contributed by atoms with Crippen molar-refractivity contribution in [3.8, 4) is 28.7 Å². The number of rotatable bonds is 8. The maximum absolute atomic E-state index is 10.4. The lowest BCUT2D eigenvalue weighted by Gasteiger charge is -2.28. The highest BCUT2D eigenvalue weighted by atomic mass is 16.5. The highest BCUT2D eigenvalue weighted by Crippen LogP contribution is 2.43. The van der Waals surface area contributed by atoms with Crippen molar-refractivity contribution in [1.82, 2.24) is 0 Å². The van der Waals surface area contributed by atoms with Gasteiger partial charge >= 0.3 is 0 Å². The van der Waals surface area contributed by atoms with E-state index in [4.69, 9.17) is 14.2 Å². The molecule has 0 bridgehead atoms. The topological polar surface area (TPSA) is 88.4 Å². The van der Waals surface area contributed by atoms with Crippen molar-refractivity contribution in [3.63, 3.8) is 0 Å². The van der Waals surface area contributed by atoms with E-state index < -0.39 is 0 Å². The van der Waals surface area contributed by atoms with E-state index in [2.05, 4.69) is 0 Å². The molecule has 158 valence electrons. The molecule has 0 heterocycles. The fraction of sp³-hybridized carbons (Fsp3) is 0.250. The molecule has 6 nitrogen and oxygen atoms in total. The van der Waals surface area contributed by atoms with Crippen LogP contribution in [0.3, 0.4) is 0 Å². The molecule has 0 aliphatic carbocycles. The van der Waals surface area contributed by atoms with Crippen molar-refractivity contribution in [2.45, 2.75) is 11.8 Å². The molecule has 2 atom stereocenters. The number of phenols is 2. The van der Waals surface area contributed by atoms with Crippen molar-refractivity contribution >= 4 is 0 Å². The van der Waals surface area contributed by atoms with Crippen molar-refractivity contribution in [3.05, 3.63) is 77.4 Å². The minimum absolute atomic E-state index is 0.0298. The Morgan fingerprint density at radius 3 is 1.83 bits per heavy atom. The normalized spacial score (nSPS) is 12.8. The van der Waals surface area contributed by atoms with Crippen LogP contribution in [0.2, 0.25) is 0 Å². The summed E-state index contributed by atoms with van der Waals surface area (Å²) in [5.74, 6) is 0.802. The van der Waals surface area contributed by atoms with Crippen LogP contribution in [-0.2, 0) is 0 Å². The molecule has 30 heavy (non-hydrogen) atoms. The number of ether oxygens (including phenoxy) is 3. The Balaban J connectivity index is 2.19. The molecular formula is C24H26O6. The van der Waals surface area contributed by atoms with Crippen LogP contribution in [0.1, 0.15) is 28.5 Å². The Bertz CT molecular complexity index is 1000. The smallest absolute Gasteiger partial charge is 0.160 e. The number of aliphatic hydroxyl groups excluding tert-OH is 1. The largest absolute Gasteiger partial charge is 0.504 e. The van der Waals surface area contributed by atoms with Crippen LogP contribution in [0.4, 0.5) is 0 Å². The Labute approximate surface area is 175 Å². The van der Waals surface area contributed by atoms with Gasteiger partial charge in [0.1, 0.15) is 5.75 Å². The molecule has 0 saturated heterocycles. The highest BCUT2D eigenvalue weighted by molar-refractivity contribution is 5.50. The van der Waals surface area contributed by atoms with E-state index >= 15 is 0 Å². The van der Waals surface area contributed by atoms with Gasteiger partial charge in [-0.15, -0.1) is 0 Å². The zero-order valence-corrected chi connectivity index (χ0v) is 17.2. The van der Waals surface area contributed by atoms with Gasteiger partial charge in [-0.3, -0.25) is 0 Å². The van der Waals surface area contributed by atoms with Crippen LogP contribution in [0, 0.1) is 0 Å². The predicted octanol–water partition coefficient (Wildman–Crippen LogP) is 4.03.